The van der Waals surface area contributed by atoms with E-state index in [1.807, 2.05) is 0 Å². The zero-order valence-corrected chi connectivity index (χ0v) is 14.1. The summed E-state index contributed by atoms with van der Waals surface area (Å²) in [6.45, 7) is 4.91. The molecule has 130 valence electrons. The Morgan fingerprint density at radius 2 is 1.92 bits per heavy atom. The Balaban J connectivity index is 2.56. The van der Waals surface area contributed by atoms with Gasteiger partial charge in [-0.15, -0.1) is 0 Å². The number of nitrogens with one attached hydrogen (secondary N) is 2. The first-order valence-corrected chi connectivity index (χ1v) is 7.67. The first kappa shape index (κ1) is 18.3. The Morgan fingerprint density at radius 1 is 1.29 bits per heavy atom. The summed E-state index contributed by atoms with van der Waals surface area (Å²) < 4.78 is 45.2. The van der Waals surface area contributed by atoms with Crippen LogP contribution < -0.4 is 10.6 Å². The highest BCUT2D eigenvalue weighted by molar-refractivity contribution is 7.80. The van der Waals surface area contributed by atoms with E-state index in [4.69, 9.17) is 17.0 Å². The molecular formula is C16H17F3N2O2S. The van der Waals surface area contributed by atoms with Gasteiger partial charge in [0.15, 0.2) is 5.11 Å². The third-order valence-corrected chi connectivity index (χ3v) is 3.63. The molecule has 8 heteroatoms. The van der Waals surface area contributed by atoms with Gasteiger partial charge in [-0.25, -0.2) is 4.79 Å². The number of allylic oxidation sites excluding steroid dienone is 1. The average Bonchev–Trinajstić information content (AvgIpc) is 2.44. The number of hydrogen-bond acceptors (Lipinski definition) is 3. The van der Waals surface area contributed by atoms with Crippen molar-refractivity contribution in [2.45, 2.75) is 39.1 Å². The fourth-order valence-corrected chi connectivity index (χ4v) is 2.75. The largest absolute Gasteiger partial charge is 0.459 e. The third kappa shape index (κ3) is 3.87. The summed E-state index contributed by atoms with van der Waals surface area (Å²) in [6, 6.07) is 4.04. The molecule has 2 N–H and O–H groups in total. The van der Waals surface area contributed by atoms with Crippen LogP contribution in [0, 0.1) is 0 Å². The van der Waals surface area contributed by atoms with Crippen molar-refractivity contribution in [3.05, 3.63) is 46.7 Å². The Labute approximate surface area is 143 Å². The van der Waals surface area contributed by atoms with Gasteiger partial charge in [0.2, 0.25) is 0 Å². The first-order valence-electron chi connectivity index (χ1n) is 7.26. The molecule has 0 fully saturated rings. The van der Waals surface area contributed by atoms with E-state index in [1.54, 1.807) is 20.8 Å². The predicted molar refractivity (Wildman–Crippen MR) is 87.0 cm³/mol. The van der Waals surface area contributed by atoms with Crippen LogP contribution in [0.4, 0.5) is 13.2 Å². The number of rotatable bonds is 3. The average molecular weight is 358 g/mol. The van der Waals surface area contributed by atoms with E-state index in [9.17, 15) is 18.0 Å². The molecule has 1 heterocycles. The second kappa shape index (κ2) is 6.80. The number of hydrogen-bond donors (Lipinski definition) is 2. The van der Waals surface area contributed by atoms with Gasteiger partial charge >= 0.3 is 12.1 Å². The van der Waals surface area contributed by atoms with Crippen LogP contribution in [0.25, 0.3) is 0 Å². The quantitative estimate of drug-likeness (QED) is 0.640. The minimum Gasteiger partial charge on any atom is -0.459 e. The normalized spacial score (nSPS) is 18.3. The summed E-state index contributed by atoms with van der Waals surface area (Å²) in [4.78, 5) is 12.4. The zero-order valence-electron chi connectivity index (χ0n) is 13.3. The van der Waals surface area contributed by atoms with Crippen molar-refractivity contribution in [3.8, 4) is 0 Å². The molecule has 1 aliphatic heterocycles. The highest BCUT2D eigenvalue weighted by Gasteiger charge is 2.39. The maximum absolute atomic E-state index is 13.3. The molecule has 0 unspecified atom stereocenters. The number of ether oxygens (including phenoxy) is 1. The topological polar surface area (TPSA) is 50.4 Å². The van der Waals surface area contributed by atoms with Crippen molar-refractivity contribution < 1.29 is 22.7 Å². The molecule has 1 aromatic carbocycles. The zero-order chi connectivity index (χ0) is 18.1. The molecule has 0 saturated heterocycles. The molecule has 1 aliphatic rings. The first-order chi connectivity index (χ1) is 11.1. The third-order valence-electron chi connectivity index (χ3n) is 3.41. The molecule has 0 bridgehead atoms. The molecule has 1 atom stereocenters. The van der Waals surface area contributed by atoms with E-state index in [2.05, 4.69) is 10.6 Å². The van der Waals surface area contributed by atoms with Crippen LogP contribution in [-0.2, 0) is 15.7 Å². The van der Waals surface area contributed by atoms with Crippen LogP contribution in [0.15, 0.2) is 35.5 Å². The molecular weight excluding hydrogens is 341 g/mol. The molecule has 0 amide bonds. The molecule has 24 heavy (non-hydrogen) atoms. The minimum atomic E-state index is -4.55. The number of esters is 1. The van der Waals surface area contributed by atoms with Gasteiger partial charge < -0.3 is 15.4 Å². The van der Waals surface area contributed by atoms with Gasteiger partial charge in [0.25, 0.3) is 0 Å². The molecule has 4 nitrogen and oxygen atoms in total. The molecule has 0 aromatic heterocycles. The fraction of sp³-hybridized carbons (Fsp3) is 0.375. The van der Waals surface area contributed by atoms with Crippen LogP contribution >= 0.6 is 12.2 Å². The molecule has 0 radical (unpaired) electrons. The van der Waals surface area contributed by atoms with Crippen LogP contribution in [-0.4, -0.2) is 17.2 Å². The van der Waals surface area contributed by atoms with E-state index in [-0.39, 0.29) is 16.2 Å². The molecule has 0 spiro atoms. The lowest BCUT2D eigenvalue weighted by molar-refractivity contribution is -0.144. The Morgan fingerprint density at radius 3 is 2.50 bits per heavy atom. The summed E-state index contributed by atoms with van der Waals surface area (Å²) in [6.07, 6.45) is -4.95. The number of thiocarbonyl (C=S) groups is 1. The van der Waals surface area contributed by atoms with Crippen molar-refractivity contribution in [2.75, 3.05) is 0 Å². The van der Waals surface area contributed by atoms with Crippen molar-refractivity contribution in [2.24, 2.45) is 0 Å². The minimum absolute atomic E-state index is 0.0778. The number of carbonyl (C=O) groups is 1. The van der Waals surface area contributed by atoms with Crippen LogP contribution in [0.2, 0.25) is 0 Å². The van der Waals surface area contributed by atoms with Gasteiger partial charge in [-0.2, -0.15) is 13.2 Å². The van der Waals surface area contributed by atoms with Crippen LogP contribution in [0.1, 0.15) is 37.9 Å². The van der Waals surface area contributed by atoms with Crippen LogP contribution in [0.5, 0.6) is 0 Å². The van der Waals surface area contributed by atoms with Crippen molar-refractivity contribution in [1.82, 2.24) is 10.6 Å². The molecule has 1 aromatic rings. The highest BCUT2D eigenvalue weighted by Crippen LogP contribution is 2.38. The second-order valence-corrected chi connectivity index (χ2v) is 6.02. The van der Waals surface area contributed by atoms with Gasteiger partial charge in [-0.3, -0.25) is 0 Å². The summed E-state index contributed by atoms with van der Waals surface area (Å²) in [7, 11) is 0. The standard InChI is InChI=1S/C16H17F3N2O2S/c1-8(2)23-14(22)12-9(3)20-15(24)21-13(12)10-6-4-5-7-11(10)16(17,18)19/h4-8,13H,1-3H3,(H2,20,21,24)/t13-/m1/s1. The van der Waals surface area contributed by atoms with E-state index in [0.717, 1.165) is 6.07 Å². The van der Waals surface area contributed by atoms with Crippen molar-refractivity contribution >= 4 is 23.3 Å². The molecule has 0 saturated carbocycles. The Hall–Kier alpha value is -2.09. The van der Waals surface area contributed by atoms with Gasteiger partial charge in [0.1, 0.15) is 0 Å². The number of alkyl halides is 3. The van der Waals surface area contributed by atoms with Gasteiger partial charge in [-0.05, 0) is 44.6 Å². The fourth-order valence-electron chi connectivity index (χ4n) is 2.48. The maximum Gasteiger partial charge on any atom is 0.416 e. The Bertz CT molecular complexity index is 699. The summed E-state index contributed by atoms with van der Waals surface area (Å²) in [5, 5.41) is 5.65. The van der Waals surface area contributed by atoms with Crippen LogP contribution in [0.3, 0.4) is 0 Å². The van der Waals surface area contributed by atoms with Gasteiger partial charge in [0, 0.05) is 5.70 Å². The maximum atomic E-state index is 13.3. The van der Waals surface area contributed by atoms with Crippen molar-refractivity contribution in [3.63, 3.8) is 0 Å². The smallest absolute Gasteiger partial charge is 0.416 e. The monoisotopic (exact) mass is 358 g/mol. The lowest BCUT2D eigenvalue weighted by atomic mass is 9.91. The number of carbonyl (C=O) groups excluding carboxylic acids is 1. The lowest BCUT2D eigenvalue weighted by Gasteiger charge is -2.31. The van der Waals surface area contributed by atoms with E-state index < -0.39 is 29.9 Å². The highest BCUT2D eigenvalue weighted by atomic mass is 32.1. The van der Waals surface area contributed by atoms with E-state index in [1.165, 1.54) is 18.2 Å². The summed E-state index contributed by atoms with van der Waals surface area (Å²) >= 11 is 5.03. The lowest BCUT2D eigenvalue weighted by Crippen LogP contribution is -2.45. The molecule has 2 rings (SSSR count). The second-order valence-electron chi connectivity index (χ2n) is 5.61. The number of benzene rings is 1. The Kier molecular flexibility index (Phi) is 5.17. The van der Waals surface area contributed by atoms with Gasteiger partial charge in [-0.1, -0.05) is 18.2 Å². The van der Waals surface area contributed by atoms with E-state index >= 15 is 0 Å². The van der Waals surface area contributed by atoms with Gasteiger partial charge in [0.05, 0.1) is 23.3 Å². The van der Waals surface area contributed by atoms with E-state index in [0.29, 0.717) is 5.70 Å². The van der Waals surface area contributed by atoms with Crippen molar-refractivity contribution in [1.29, 1.82) is 0 Å². The SMILES string of the molecule is CC1=C(C(=O)OC(C)C)[C@@H](c2ccccc2C(F)(F)F)NC(=S)N1. The number of halogens is 3. The summed E-state index contributed by atoms with van der Waals surface area (Å²) in [5.74, 6) is -0.688. The molecule has 0 aliphatic carbocycles. The summed E-state index contributed by atoms with van der Waals surface area (Å²) in [5.41, 5.74) is -0.459. The predicted octanol–water partition coefficient (Wildman–Crippen LogP) is 3.45.